The van der Waals surface area contributed by atoms with Crippen LogP contribution in [0.1, 0.15) is 17.0 Å². The van der Waals surface area contributed by atoms with Crippen molar-refractivity contribution in [2.75, 3.05) is 10.5 Å². The summed E-state index contributed by atoms with van der Waals surface area (Å²) in [6.45, 7) is 5.16. The Kier molecular flexibility index (Phi) is 3.66. The van der Waals surface area contributed by atoms with E-state index in [0.717, 1.165) is 0 Å². The molecule has 4 N–H and O–H groups in total. The van der Waals surface area contributed by atoms with Gasteiger partial charge in [-0.2, -0.15) is 5.10 Å². The molecular weight excluding hydrogens is 300 g/mol. The first-order chi connectivity index (χ1) is 9.22. The average molecular weight is 315 g/mol. The quantitative estimate of drug-likeness (QED) is 0.757. The third-order valence-electron chi connectivity index (χ3n) is 3.03. The first kappa shape index (κ1) is 14.7. The molecule has 0 aliphatic carbocycles. The van der Waals surface area contributed by atoms with Crippen LogP contribution in [0.4, 0.5) is 11.4 Å². The minimum Gasteiger partial charge on any atom is -0.398 e. The number of nitrogen functional groups attached to an aromatic ring is 1. The predicted octanol–water partition coefficient (Wildman–Crippen LogP) is 2.37. The van der Waals surface area contributed by atoms with Crippen LogP contribution in [0.15, 0.2) is 17.0 Å². The molecule has 8 heteroatoms. The molecule has 0 saturated carbocycles. The molecule has 108 valence electrons. The van der Waals surface area contributed by atoms with Crippen molar-refractivity contribution in [3.8, 4) is 0 Å². The van der Waals surface area contributed by atoms with Crippen LogP contribution in [0, 0.1) is 20.8 Å². The van der Waals surface area contributed by atoms with E-state index in [9.17, 15) is 8.42 Å². The minimum absolute atomic E-state index is 0.0191. The SMILES string of the molecule is Cc1n[nH]c(C)c1NS(=O)(=O)c1cc(N)c(C)c(Cl)c1. The van der Waals surface area contributed by atoms with Crippen LogP contribution in [0.2, 0.25) is 5.02 Å². The maximum atomic E-state index is 12.4. The van der Waals surface area contributed by atoms with Crippen LogP contribution in [-0.2, 0) is 10.0 Å². The summed E-state index contributed by atoms with van der Waals surface area (Å²) in [5.74, 6) is 0. The lowest BCUT2D eigenvalue weighted by Crippen LogP contribution is -2.14. The summed E-state index contributed by atoms with van der Waals surface area (Å²) >= 11 is 5.98. The number of H-pyrrole nitrogens is 1. The van der Waals surface area contributed by atoms with Crippen molar-refractivity contribution in [1.82, 2.24) is 10.2 Å². The van der Waals surface area contributed by atoms with Gasteiger partial charge >= 0.3 is 0 Å². The predicted molar refractivity (Wildman–Crippen MR) is 79.5 cm³/mol. The number of anilines is 2. The number of halogens is 1. The Morgan fingerprint density at radius 1 is 1.30 bits per heavy atom. The van der Waals surface area contributed by atoms with E-state index in [4.69, 9.17) is 17.3 Å². The van der Waals surface area contributed by atoms with Crippen molar-refractivity contribution in [3.63, 3.8) is 0 Å². The molecule has 20 heavy (non-hydrogen) atoms. The molecule has 0 unspecified atom stereocenters. The van der Waals surface area contributed by atoms with E-state index in [1.165, 1.54) is 12.1 Å². The fourth-order valence-corrected chi connectivity index (χ4v) is 3.26. The highest BCUT2D eigenvalue weighted by atomic mass is 35.5. The van der Waals surface area contributed by atoms with Gasteiger partial charge in [0.1, 0.15) is 0 Å². The van der Waals surface area contributed by atoms with Crippen molar-refractivity contribution >= 4 is 33.0 Å². The van der Waals surface area contributed by atoms with Gasteiger partial charge in [0.05, 0.1) is 22.0 Å². The number of hydrogen-bond acceptors (Lipinski definition) is 4. The molecule has 0 radical (unpaired) electrons. The minimum atomic E-state index is -3.76. The summed E-state index contributed by atoms with van der Waals surface area (Å²) in [6, 6.07) is 2.76. The van der Waals surface area contributed by atoms with Crippen LogP contribution < -0.4 is 10.5 Å². The second-order valence-corrected chi connectivity index (χ2v) is 6.62. The van der Waals surface area contributed by atoms with Crippen LogP contribution in [0.5, 0.6) is 0 Å². The molecule has 0 aliphatic heterocycles. The van der Waals surface area contributed by atoms with Gasteiger partial charge in [-0.25, -0.2) is 8.42 Å². The molecule has 2 rings (SSSR count). The number of rotatable bonds is 3. The smallest absolute Gasteiger partial charge is 0.262 e. The Morgan fingerprint density at radius 2 is 1.95 bits per heavy atom. The van der Waals surface area contributed by atoms with E-state index < -0.39 is 10.0 Å². The molecule has 0 spiro atoms. The van der Waals surface area contributed by atoms with Gasteiger partial charge in [0, 0.05) is 10.7 Å². The van der Waals surface area contributed by atoms with Gasteiger partial charge in [-0.15, -0.1) is 0 Å². The fourth-order valence-electron chi connectivity index (χ4n) is 1.72. The maximum Gasteiger partial charge on any atom is 0.262 e. The topological polar surface area (TPSA) is 101 Å². The number of nitrogens with one attached hydrogen (secondary N) is 2. The summed E-state index contributed by atoms with van der Waals surface area (Å²) in [5.41, 5.74) is 8.38. The second-order valence-electron chi connectivity index (χ2n) is 4.53. The first-order valence-electron chi connectivity index (χ1n) is 5.82. The molecule has 1 aromatic heterocycles. The molecular formula is C12H15ClN4O2S. The van der Waals surface area contributed by atoms with Crippen molar-refractivity contribution in [3.05, 3.63) is 34.1 Å². The van der Waals surface area contributed by atoms with Gasteiger partial charge in [-0.05, 0) is 38.5 Å². The molecule has 0 aliphatic rings. The number of benzene rings is 1. The largest absolute Gasteiger partial charge is 0.398 e. The zero-order chi connectivity index (χ0) is 15.1. The van der Waals surface area contributed by atoms with Crippen LogP contribution >= 0.6 is 11.6 Å². The van der Waals surface area contributed by atoms with Gasteiger partial charge in [0.15, 0.2) is 0 Å². The van der Waals surface area contributed by atoms with E-state index in [2.05, 4.69) is 14.9 Å². The standard InChI is InChI=1S/C12H15ClN4O2S/c1-6-10(13)4-9(5-11(6)14)20(18,19)17-12-7(2)15-16-8(12)3/h4-5,17H,14H2,1-3H3,(H,15,16). The molecule has 0 bridgehead atoms. The number of aromatic nitrogens is 2. The second kappa shape index (κ2) is 4.99. The lowest BCUT2D eigenvalue weighted by molar-refractivity contribution is 0.601. The van der Waals surface area contributed by atoms with Crippen molar-refractivity contribution < 1.29 is 8.42 Å². The zero-order valence-corrected chi connectivity index (χ0v) is 12.9. The third-order valence-corrected chi connectivity index (χ3v) is 4.75. The highest BCUT2D eigenvalue weighted by Crippen LogP contribution is 2.28. The van der Waals surface area contributed by atoms with Gasteiger partial charge in [0.2, 0.25) is 0 Å². The monoisotopic (exact) mass is 314 g/mol. The summed E-state index contributed by atoms with van der Waals surface area (Å²) in [7, 11) is -3.76. The van der Waals surface area contributed by atoms with E-state index >= 15 is 0 Å². The number of hydrogen-bond donors (Lipinski definition) is 3. The lowest BCUT2D eigenvalue weighted by Gasteiger charge is -2.11. The Bertz CT molecular complexity index is 725. The summed E-state index contributed by atoms with van der Waals surface area (Å²) in [4.78, 5) is 0.0191. The van der Waals surface area contributed by atoms with Gasteiger partial charge < -0.3 is 5.73 Å². The third kappa shape index (κ3) is 2.59. The van der Waals surface area contributed by atoms with Crippen molar-refractivity contribution in [2.24, 2.45) is 0 Å². The van der Waals surface area contributed by atoms with E-state index in [-0.39, 0.29) is 4.90 Å². The average Bonchev–Trinajstić information content (AvgIpc) is 2.66. The lowest BCUT2D eigenvalue weighted by atomic mass is 10.2. The van der Waals surface area contributed by atoms with Crippen LogP contribution in [0.25, 0.3) is 0 Å². The molecule has 2 aromatic rings. The molecule has 0 fully saturated rings. The van der Waals surface area contributed by atoms with Crippen LogP contribution in [-0.4, -0.2) is 18.6 Å². The Balaban J connectivity index is 2.46. The molecule has 6 nitrogen and oxygen atoms in total. The molecule has 0 saturated heterocycles. The van der Waals surface area contributed by atoms with Gasteiger partial charge in [0.25, 0.3) is 10.0 Å². The number of nitrogens with two attached hydrogens (primary N) is 1. The Morgan fingerprint density at radius 3 is 2.45 bits per heavy atom. The number of aromatic amines is 1. The van der Waals surface area contributed by atoms with Gasteiger partial charge in [-0.1, -0.05) is 11.6 Å². The first-order valence-corrected chi connectivity index (χ1v) is 7.68. The summed E-state index contributed by atoms with van der Waals surface area (Å²) in [5, 5.41) is 6.97. The highest BCUT2D eigenvalue weighted by molar-refractivity contribution is 7.92. The van der Waals surface area contributed by atoms with E-state index in [0.29, 0.717) is 33.3 Å². The normalized spacial score (nSPS) is 11.6. The van der Waals surface area contributed by atoms with E-state index in [1.807, 2.05) is 0 Å². The zero-order valence-electron chi connectivity index (χ0n) is 11.3. The molecule has 1 aromatic carbocycles. The number of aryl methyl sites for hydroxylation is 2. The summed E-state index contributed by atoms with van der Waals surface area (Å²) < 4.78 is 27.2. The van der Waals surface area contributed by atoms with Crippen LogP contribution in [0.3, 0.4) is 0 Å². The Hall–Kier alpha value is -1.73. The Labute approximate surface area is 122 Å². The molecule has 1 heterocycles. The number of sulfonamides is 1. The molecule has 0 amide bonds. The maximum absolute atomic E-state index is 12.4. The van der Waals surface area contributed by atoms with Crippen molar-refractivity contribution in [2.45, 2.75) is 25.7 Å². The van der Waals surface area contributed by atoms with E-state index in [1.54, 1.807) is 20.8 Å². The van der Waals surface area contributed by atoms with Gasteiger partial charge in [-0.3, -0.25) is 9.82 Å². The fraction of sp³-hybridized carbons (Fsp3) is 0.250. The highest BCUT2D eigenvalue weighted by Gasteiger charge is 2.20. The van der Waals surface area contributed by atoms with Crippen molar-refractivity contribution in [1.29, 1.82) is 0 Å². The number of nitrogens with zero attached hydrogens (tertiary/aromatic N) is 1. The summed E-state index contributed by atoms with van der Waals surface area (Å²) in [6.07, 6.45) is 0. The molecule has 0 atom stereocenters.